The third-order valence-corrected chi connectivity index (χ3v) is 3.80. The van der Waals surface area contributed by atoms with Crippen LogP contribution in [-0.2, 0) is 11.2 Å². The maximum Gasteiger partial charge on any atom is 0.220 e. The van der Waals surface area contributed by atoms with E-state index in [1.165, 1.54) is 0 Å². The fourth-order valence-electron chi connectivity index (χ4n) is 2.75. The first-order valence-electron chi connectivity index (χ1n) is 8.05. The van der Waals surface area contributed by atoms with Crippen LogP contribution in [0, 0.1) is 5.92 Å². The second kappa shape index (κ2) is 10.4. The number of carbonyl (C=O) groups is 1. The Bertz CT molecular complexity index is 501. The molecule has 0 bridgehead atoms. The number of halogens is 1. The van der Waals surface area contributed by atoms with Crippen molar-refractivity contribution >= 4 is 18.3 Å². The third kappa shape index (κ3) is 7.41. The van der Waals surface area contributed by atoms with Crippen molar-refractivity contribution in [3.05, 3.63) is 23.8 Å². The summed E-state index contributed by atoms with van der Waals surface area (Å²) in [5.41, 5.74) is 6.50. The number of hydrogen-bond donors (Lipinski definition) is 2. The summed E-state index contributed by atoms with van der Waals surface area (Å²) in [5, 5.41) is 3.08. The number of nitrogens with two attached hydrogens (primary N) is 1. The smallest absolute Gasteiger partial charge is 0.220 e. The zero-order valence-corrected chi connectivity index (χ0v) is 16.2. The van der Waals surface area contributed by atoms with Gasteiger partial charge < -0.3 is 20.5 Å². The van der Waals surface area contributed by atoms with Crippen LogP contribution in [0.1, 0.15) is 39.2 Å². The lowest BCUT2D eigenvalue weighted by Gasteiger charge is -2.31. The first kappa shape index (κ1) is 22.5. The van der Waals surface area contributed by atoms with Gasteiger partial charge in [0.25, 0.3) is 0 Å². The molecule has 0 aliphatic rings. The van der Waals surface area contributed by atoms with Gasteiger partial charge in [0.15, 0.2) is 0 Å². The van der Waals surface area contributed by atoms with Crippen LogP contribution >= 0.6 is 12.4 Å². The Morgan fingerprint density at radius 3 is 2.17 bits per heavy atom. The number of methoxy groups -OCH3 is 2. The van der Waals surface area contributed by atoms with Crippen LogP contribution in [-0.4, -0.2) is 32.2 Å². The third-order valence-electron chi connectivity index (χ3n) is 3.80. The topological polar surface area (TPSA) is 73.6 Å². The van der Waals surface area contributed by atoms with E-state index in [0.29, 0.717) is 25.3 Å². The summed E-state index contributed by atoms with van der Waals surface area (Å²) in [7, 11) is 3.23. The van der Waals surface area contributed by atoms with Crippen molar-refractivity contribution in [3.8, 4) is 11.5 Å². The van der Waals surface area contributed by atoms with Crippen LogP contribution in [0.25, 0.3) is 0 Å². The molecule has 24 heavy (non-hydrogen) atoms. The van der Waals surface area contributed by atoms with Crippen molar-refractivity contribution in [1.82, 2.24) is 5.32 Å². The Labute approximate surface area is 151 Å². The Hall–Kier alpha value is -1.46. The van der Waals surface area contributed by atoms with Gasteiger partial charge in [0.2, 0.25) is 5.91 Å². The minimum atomic E-state index is -0.350. The quantitative estimate of drug-likeness (QED) is 0.711. The van der Waals surface area contributed by atoms with Crippen molar-refractivity contribution in [1.29, 1.82) is 0 Å². The molecule has 0 spiro atoms. The molecule has 0 aromatic heterocycles. The van der Waals surface area contributed by atoms with E-state index in [0.717, 1.165) is 23.5 Å². The summed E-state index contributed by atoms with van der Waals surface area (Å²) in [6.45, 7) is 6.69. The average molecular weight is 359 g/mol. The predicted octanol–water partition coefficient (Wildman–Crippen LogP) is 2.94. The molecule has 1 aromatic carbocycles. The maximum atomic E-state index is 12.3. The SMILES string of the molecule is COc1cc(CCC(=O)NC(C)(CN)CC(C)C)cc(OC)c1.Cl. The Kier molecular flexibility index (Phi) is 9.78. The van der Waals surface area contributed by atoms with Crippen molar-refractivity contribution in [3.63, 3.8) is 0 Å². The molecule has 3 N–H and O–H groups in total. The van der Waals surface area contributed by atoms with Gasteiger partial charge in [-0.25, -0.2) is 0 Å². The first-order chi connectivity index (χ1) is 10.8. The van der Waals surface area contributed by atoms with Gasteiger partial charge in [0.05, 0.1) is 14.2 Å². The molecule has 0 fully saturated rings. The summed E-state index contributed by atoms with van der Waals surface area (Å²) in [6.07, 6.45) is 1.90. The Morgan fingerprint density at radius 1 is 1.21 bits per heavy atom. The van der Waals surface area contributed by atoms with E-state index < -0.39 is 0 Å². The van der Waals surface area contributed by atoms with E-state index in [2.05, 4.69) is 19.2 Å². The molecule has 1 unspecified atom stereocenters. The first-order valence-corrected chi connectivity index (χ1v) is 8.05. The fourth-order valence-corrected chi connectivity index (χ4v) is 2.75. The second-order valence-corrected chi connectivity index (χ2v) is 6.63. The second-order valence-electron chi connectivity index (χ2n) is 6.63. The van der Waals surface area contributed by atoms with Crippen LogP contribution < -0.4 is 20.5 Å². The van der Waals surface area contributed by atoms with Gasteiger partial charge in [-0.15, -0.1) is 12.4 Å². The Balaban J connectivity index is 0.00000529. The maximum absolute atomic E-state index is 12.3. The fraction of sp³-hybridized carbons (Fsp3) is 0.611. The van der Waals surface area contributed by atoms with Crippen LogP contribution in [0.2, 0.25) is 0 Å². The van der Waals surface area contributed by atoms with Crippen molar-refractivity contribution in [2.24, 2.45) is 11.7 Å². The van der Waals surface area contributed by atoms with Gasteiger partial charge in [-0.1, -0.05) is 13.8 Å². The van der Waals surface area contributed by atoms with Gasteiger partial charge in [0, 0.05) is 24.6 Å². The summed E-state index contributed by atoms with van der Waals surface area (Å²) >= 11 is 0. The molecule has 138 valence electrons. The highest BCUT2D eigenvalue weighted by Gasteiger charge is 2.25. The monoisotopic (exact) mass is 358 g/mol. The lowest BCUT2D eigenvalue weighted by molar-refractivity contribution is -0.122. The number of ether oxygens (including phenoxy) is 2. The molecular weight excluding hydrogens is 328 g/mol. The minimum Gasteiger partial charge on any atom is -0.497 e. The van der Waals surface area contributed by atoms with E-state index in [9.17, 15) is 4.79 Å². The molecular formula is C18H31ClN2O3. The van der Waals surface area contributed by atoms with Crippen molar-refractivity contribution in [2.75, 3.05) is 20.8 Å². The minimum absolute atomic E-state index is 0. The zero-order valence-electron chi connectivity index (χ0n) is 15.3. The van der Waals surface area contributed by atoms with Crippen LogP contribution in [0.15, 0.2) is 18.2 Å². The number of benzene rings is 1. The number of rotatable bonds is 9. The van der Waals surface area contributed by atoms with Crippen LogP contribution in [0.5, 0.6) is 11.5 Å². The van der Waals surface area contributed by atoms with Crippen molar-refractivity contribution in [2.45, 2.75) is 45.6 Å². The number of hydrogen-bond acceptors (Lipinski definition) is 4. The summed E-state index contributed by atoms with van der Waals surface area (Å²) < 4.78 is 10.5. The van der Waals surface area contributed by atoms with E-state index >= 15 is 0 Å². The largest absolute Gasteiger partial charge is 0.497 e. The van der Waals surface area contributed by atoms with Crippen molar-refractivity contribution < 1.29 is 14.3 Å². The number of amides is 1. The highest BCUT2D eigenvalue weighted by molar-refractivity contribution is 5.85. The lowest BCUT2D eigenvalue weighted by atomic mass is 9.90. The number of carbonyl (C=O) groups excluding carboxylic acids is 1. The molecule has 0 saturated carbocycles. The molecule has 0 radical (unpaired) electrons. The average Bonchev–Trinajstić information content (AvgIpc) is 2.51. The number of nitrogens with one attached hydrogen (secondary N) is 1. The highest BCUT2D eigenvalue weighted by atomic mass is 35.5. The molecule has 0 heterocycles. The Morgan fingerprint density at radius 2 is 1.75 bits per heavy atom. The summed E-state index contributed by atoms with van der Waals surface area (Å²) in [4.78, 5) is 12.3. The van der Waals surface area contributed by atoms with Crippen LogP contribution in [0.3, 0.4) is 0 Å². The zero-order chi connectivity index (χ0) is 17.5. The summed E-state index contributed by atoms with van der Waals surface area (Å²) in [6, 6.07) is 5.66. The molecule has 0 saturated heterocycles. The lowest BCUT2D eigenvalue weighted by Crippen LogP contribution is -2.52. The van der Waals surface area contributed by atoms with Crippen LogP contribution in [0.4, 0.5) is 0 Å². The van der Waals surface area contributed by atoms with E-state index in [4.69, 9.17) is 15.2 Å². The summed E-state index contributed by atoms with van der Waals surface area (Å²) in [5.74, 6) is 1.95. The molecule has 5 nitrogen and oxygen atoms in total. The van der Waals surface area contributed by atoms with E-state index in [1.54, 1.807) is 14.2 Å². The van der Waals surface area contributed by atoms with Gasteiger partial charge in [0.1, 0.15) is 11.5 Å². The standard InChI is InChI=1S/C18H30N2O3.ClH/c1-13(2)11-18(3,12-19)20-17(21)7-6-14-8-15(22-4)10-16(9-14)23-5;/h8-10,13H,6-7,11-12,19H2,1-5H3,(H,20,21);1H. The highest BCUT2D eigenvalue weighted by Crippen LogP contribution is 2.23. The molecule has 0 aliphatic heterocycles. The van der Waals surface area contributed by atoms with E-state index in [-0.39, 0.29) is 23.9 Å². The van der Waals surface area contributed by atoms with Gasteiger partial charge >= 0.3 is 0 Å². The molecule has 1 rings (SSSR count). The molecule has 1 atom stereocenters. The molecule has 1 amide bonds. The van der Waals surface area contributed by atoms with E-state index in [1.807, 2.05) is 25.1 Å². The molecule has 1 aromatic rings. The molecule has 0 aliphatic carbocycles. The van der Waals surface area contributed by atoms with Gasteiger partial charge in [-0.05, 0) is 43.4 Å². The predicted molar refractivity (Wildman–Crippen MR) is 100 cm³/mol. The number of aryl methyl sites for hydroxylation is 1. The normalized spacial score (nSPS) is 13.0. The molecule has 6 heteroatoms. The van der Waals surface area contributed by atoms with Gasteiger partial charge in [-0.2, -0.15) is 0 Å². The van der Waals surface area contributed by atoms with Gasteiger partial charge in [-0.3, -0.25) is 4.79 Å².